The molecule has 8 heteroatoms. The van der Waals surface area contributed by atoms with Gasteiger partial charge in [-0.05, 0) is 18.2 Å². The fraction of sp³-hybridized carbons (Fsp3) is 0.353. The fourth-order valence-electron chi connectivity index (χ4n) is 2.47. The van der Waals surface area contributed by atoms with E-state index in [1.165, 1.54) is 0 Å². The quantitative estimate of drug-likeness (QED) is 0.614. The van der Waals surface area contributed by atoms with Gasteiger partial charge in [-0.2, -0.15) is 0 Å². The van der Waals surface area contributed by atoms with Crippen LogP contribution in [0.3, 0.4) is 0 Å². The van der Waals surface area contributed by atoms with Crippen LogP contribution in [0, 0.1) is 0 Å². The van der Waals surface area contributed by atoms with E-state index < -0.39 is 9.84 Å². The van der Waals surface area contributed by atoms with Gasteiger partial charge in [0.05, 0.1) is 22.2 Å². The molecule has 0 bridgehead atoms. The topological polar surface area (TPSA) is 66.7 Å². The van der Waals surface area contributed by atoms with E-state index in [0.717, 1.165) is 5.69 Å². The first-order valence-corrected chi connectivity index (χ1v) is 9.87. The minimum absolute atomic E-state index is 0.000143. The summed E-state index contributed by atoms with van der Waals surface area (Å²) in [4.78, 5) is 6.46. The van der Waals surface area contributed by atoms with Crippen LogP contribution >= 0.6 is 11.6 Å². The molecule has 0 amide bonds. The van der Waals surface area contributed by atoms with Crippen molar-refractivity contribution in [1.29, 1.82) is 0 Å². The van der Waals surface area contributed by atoms with Crippen molar-refractivity contribution in [1.82, 2.24) is 14.8 Å². The van der Waals surface area contributed by atoms with Crippen LogP contribution in [-0.2, 0) is 23.4 Å². The molecule has 136 valence electrons. The molecule has 0 saturated heterocycles. The molecule has 0 atom stereocenters. The molecule has 1 aromatic carbocycles. The zero-order valence-corrected chi connectivity index (χ0v) is 16.2. The lowest BCUT2D eigenvalue weighted by Gasteiger charge is -2.22. The zero-order valence-electron chi connectivity index (χ0n) is 14.6. The van der Waals surface area contributed by atoms with Gasteiger partial charge in [-0.3, -0.25) is 4.99 Å². The minimum Gasteiger partial charge on any atom is -0.355 e. The van der Waals surface area contributed by atoms with E-state index in [0.29, 0.717) is 22.4 Å². The normalized spacial score (nSPS) is 12.2. The van der Waals surface area contributed by atoms with Crippen LogP contribution in [0.5, 0.6) is 0 Å². The molecule has 0 unspecified atom stereocenters. The van der Waals surface area contributed by atoms with Crippen LogP contribution in [0.2, 0.25) is 5.02 Å². The van der Waals surface area contributed by atoms with Crippen LogP contribution in [0.4, 0.5) is 0 Å². The van der Waals surface area contributed by atoms with E-state index in [-0.39, 0.29) is 12.3 Å². The average Bonchev–Trinajstić information content (AvgIpc) is 2.89. The molecule has 0 radical (unpaired) electrons. The number of halogens is 1. The summed E-state index contributed by atoms with van der Waals surface area (Å²) in [7, 11) is 2.18. The predicted molar refractivity (Wildman–Crippen MR) is 102 cm³/mol. The van der Waals surface area contributed by atoms with Crippen molar-refractivity contribution >= 4 is 27.4 Å². The largest absolute Gasteiger partial charge is 0.355 e. The third kappa shape index (κ3) is 5.24. The number of nitrogens with one attached hydrogen (secondary N) is 1. The maximum absolute atomic E-state index is 12.3. The van der Waals surface area contributed by atoms with Crippen molar-refractivity contribution in [3.8, 4) is 0 Å². The molecule has 0 aliphatic rings. The highest BCUT2D eigenvalue weighted by molar-refractivity contribution is 7.91. The molecular formula is C17H23ClN4O2S. The highest BCUT2D eigenvalue weighted by atomic mass is 35.5. The standard InChI is InChI=1S/C17H23ClN4O2S/c1-19-17(22(3)13-15-11-14(18)12-21(15)2)20-9-10-25(23,24)16-7-5-4-6-8-16/h4-8,11-12H,9-10,13H2,1-3H3,(H,19,20). The van der Waals surface area contributed by atoms with Crippen molar-refractivity contribution in [2.45, 2.75) is 11.4 Å². The predicted octanol–water partition coefficient (Wildman–Crippen LogP) is 2.16. The molecule has 0 spiro atoms. The van der Waals surface area contributed by atoms with E-state index in [2.05, 4.69) is 10.3 Å². The van der Waals surface area contributed by atoms with E-state index >= 15 is 0 Å². The lowest BCUT2D eigenvalue weighted by atomic mass is 10.4. The lowest BCUT2D eigenvalue weighted by Crippen LogP contribution is -2.40. The van der Waals surface area contributed by atoms with Crippen LogP contribution in [-0.4, -0.2) is 50.2 Å². The summed E-state index contributed by atoms with van der Waals surface area (Å²) in [6, 6.07) is 10.3. The van der Waals surface area contributed by atoms with Crippen LogP contribution in [0.15, 0.2) is 52.5 Å². The highest BCUT2D eigenvalue weighted by Gasteiger charge is 2.15. The molecule has 0 saturated carbocycles. The molecule has 0 aliphatic heterocycles. The molecule has 0 aliphatic carbocycles. The van der Waals surface area contributed by atoms with Gasteiger partial charge in [0.25, 0.3) is 0 Å². The number of guanidine groups is 1. The molecule has 2 aromatic rings. The second kappa shape index (κ2) is 8.40. The second-order valence-corrected chi connectivity index (χ2v) is 8.27. The van der Waals surface area contributed by atoms with Crippen molar-refractivity contribution in [2.24, 2.45) is 12.0 Å². The minimum atomic E-state index is -3.31. The zero-order chi connectivity index (χ0) is 18.4. The Balaban J connectivity index is 1.93. The van der Waals surface area contributed by atoms with Crippen LogP contribution in [0.25, 0.3) is 0 Å². The maximum Gasteiger partial charge on any atom is 0.193 e. The number of aryl methyl sites for hydroxylation is 1. The number of benzene rings is 1. The SMILES string of the molecule is CN=C(NCCS(=O)(=O)c1ccccc1)N(C)Cc1cc(Cl)cn1C. The van der Waals surface area contributed by atoms with E-state index in [4.69, 9.17) is 11.6 Å². The monoisotopic (exact) mass is 382 g/mol. The van der Waals surface area contributed by atoms with Crippen molar-refractivity contribution in [2.75, 3.05) is 26.4 Å². The molecule has 1 heterocycles. The number of rotatable bonds is 6. The summed E-state index contributed by atoms with van der Waals surface area (Å²) >= 11 is 6.00. The highest BCUT2D eigenvalue weighted by Crippen LogP contribution is 2.14. The third-order valence-electron chi connectivity index (χ3n) is 3.80. The van der Waals surface area contributed by atoms with Crippen LogP contribution in [0.1, 0.15) is 5.69 Å². The van der Waals surface area contributed by atoms with Gasteiger partial charge in [0, 0.05) is 39.6 Å². The molecule has 25 heavy (non-hydrogen) atoms. The number of aromatic nitrogens is 1. The van der Waals surface area contributed by atoms with Gasteiger partial charge in [0.15, 0.2) is 15.8 Å². The Labute approximate surface area is 154 Å². The van der Waals surface area contributed by atoms with Gasteiger partial charge < -0.3 is 14.8 Å². The molecule has 1 aromatic heterocycles. The van der Waals surface area contributed by atoms with E-state index in [1.807, 2.05) is 35.8 Å². The second-order valence-electron chi connectivity index (χ2n) is 5.72. The van der Waals surface area contributed by atoms with Gasteiger partial charge in [0.1, 0.15) is 0 Å². The molecular weight excluding hydrogens is 360 g/mol. The summed E-state index contributed by atoms with van der Waals surface area (Å²) in [6.07, 6.45) is 1.84. The lowest BCUT2D eigenvalue weighted by molar-refractivity contribution is 0.463. The van der Waals surface area contributed by atoms with Gasteiger partial charge in [0.2, 0.25) is 0 Å². The Hall–Kier alpha value is -1.99. The Morgan fingerprint density at radius 3 is 2.56 bits per heavy atom. The maximum atomic E-state index is 12.3. The van der Waals surface area contributed by atoms with E-state index in [1.54, 1.807) is 37.4 Å². The van der Waals surface area contributed by atoms with Gasteiger partial charge in [-0.25, -0.2) is 8.42 Å². The van der Waals surface area contributed by atoms with Gasteiger partial charge in [-0.15, -0.1) is 0 Å². The number of nitrogens with zero attached hydrogens (tertiary/aromatic N) is 3. The molecule has 1 N–H and O–H groups in total. The Bertz CT molecular complexity index is 832. The summed E-state index contributed by atoms with van der Waals surface area (Å²) in [5.74, 6) is 0.625. The molecule has 0 fully saturated rings. The van der Waals surface area contributed by atoms with Crippen LogP contribution < -0.4 is 5.32 Å². The summed E-state index contributed by atoms with van der Waals surface area (Å²) in [5.41, 5.74) is 1.03. The van der Waals surface area contributed by atoms with Crippen molar-refractivity contribution < 1.29 is 8.42 Å². The first-order valence-electron chi connectivity index (χ1n) is 7.84. The van der Waals surface area contributed by atoms with Gasteiger partial charge >= 0.3 is 0 Å². The number of hydrogen-bond acceptors (Lipinski definition) is 3. The number of aliphatic imine (C=N–C) groups is 1. The van der Waals surface area contributed by atoms with Gasteiger partial charge in [-0.1, -0.05) is 29.8 Å². The first-order chi connectivity index (χ1) is 11.8. The Kier molecular flexibility index (Phi) is 6.50. The van der Waals surface area contributed by atoms with Crippen molar-refractivity contribution in [3.05, 3.63) is 53.3 Å². The Morgan fingerprint density at radius 1 is 1.32 bits per heavy atom. The summed E-state index contributed by atoms with van der Waals surface area (Å²) in [5, 5.41) is 3.78. The molecule has 2 rings (SSSR count). The summed E-state index contributed by atoms with van der Waals surface area (Å²) in [6.45, 7) is 0.885. The third-order valence-corrected chi connectivity index (χ3v) is 5.74. The smallest absolute Gasteiger partial charge is 0.193 e. The summed E-state index contributed by atoms with van der Waals surface area (Å²) < 4.78 is 26.5. The van der Waals surface area contributed by atoms with Crippen molar-refractivity contribution in [3.63, 3.8) is 0 Å². The molecule has 6 nitrogen and oxygen atoms in total. The first kappa shape index (κ1) is 19.3. The number of sulfone groups is 1. The number of hydrogen-bond donors (Lipinski definition) is 1. The Morgan fingerprint density at radius 2 is 2.00 bits per heavy atom. The fourth-order valence-corrected chi connectivity index (χ4v) is 3.92. The average molecular weight is 383 g/mol. The van der Waals surface area contributed by atoms with E-state index in [9.17, 15) is 8.42 Å².